The number of hydrogen-bond donors (Lipinski definition) is 1. The van der Waals surface area contributed by atoms with Crippen LogP contribution in [0.2, 0.25) is 0 Å². The fraction of sp³-hybridized carbons (Fsp3) is 0.211. The van der Waals surface area contributed by atoms with Crippen LogP contribution in [0.3, 0.4) is 0 Å². The Morgan fingerprint density at radius 2 is 1.77 bits per heavy atom. The summed E-state index contributed by atoms with van der Waals surface area (Å²) in [7, 11) is -3.59. The molecule has 0 aliphatic rings. The molecule has 26 heavy (non-hydrogen) atoms. The van der Waals surface area contributed by atoms with Crippen molar-refractivity contribution in [2.75, 3.05) is 18.4 Å². The fourth-order valence-corrected chi connectivity index (χ4v) is 3.88. The lowest BCUT2D eigenvalue weighted by molar-refractivity contribution is -0.111. The zero-order chi connectivity index (χ0) is 19.2. The minimum atomic E-state index is -3.59. The van der Waals surface area contributed by atoms with Gasteiger partial charge in [0.1, 0.15) is 5.82 Å². The van der Waals surface area contributed by atoms with Gasteiger partial charge in [0.25, 0.3) is 0 Å². The predicted octanol–water partition coefficient (Wildman–Crippen LogP) is 3.51. The van der Waals surface area contributed by atoms with Gasteiger partial charge in [-0.1, -0.05) is 32.0 Å². The van der Waals surface area contributed by atoms with E-state index in [0.717, 1.165) is 0 Å². The minimum Gasteiger partial charge on any atom is -0.322 e. The third-order valence-electron chi connectivity index (χ3n) is 3.74. The number of benzene rings is 2. The van der Waals surface area contributed by atoms with Crippen LogP contribution in [0.4, 0.5) is 10.1 Å². The lowest BCUT2D eigenvalue weighted by Gasteiger charge is -2.18. The van der Waals surface area contributed by atoms with Crippen LogP contribution in [0.15, 0.2) is 59.5 Å². The Balaban J connectivity index is 2.13. The van der Waals surface area contributed by atoms with Gasteiger partial charge in [-0.3, -0.25) is 4.79 Å². The molecule has 0 atom stereocenters. The Morgan fingerprint density at radius 1 is 1.12 bits per heavy atom. The van der Waals surface area contributed by atoms with Crippen LogP contribution < -0.4 is 5.32 Å². The maximum Gasteiger partial charge on any atom is 0.248 e. The fourth-order valence-electron chi connectivity index (χ4n) is 2.38. The van der Waals surface area contributed by atoms with Gasteiger partial charge in [0.05, 0.1) is 4.90 Å². The highest BCUT2D eigenvalue weighted by atomic mass is 32.2. The van der Waals surface area contributed by atoms with Gasteiger partial charge in [0, 0.05) is 24.9 Å². The summed E-state index contributed by atoms with van der Waals surface area (Å²) < 4.78 is 39.3. The van der Waals surface area contributed by atoms with Crippen LogP contribution in [0.1, 0.15) is 19.4 Å². The second kappa shape index (κ2) is 8.73. The second-order valence-electron chi connectivity index (χ2n) is 5.49. The standard InChI is InChI=1S/C19H21FN2O3S/c1-3-22(4-2)26(24,25)18-7-5-6-17(14-18)21-19(23)13-10-15-8-11-16(20)12-9-15/h5-14H,3-4H2,1-2H3,(H,21,23)/b13-10+. The molecule has 0 unspecified atom stereocenters. The smallest absolute Gasteiger partial charge is 0.248 e. The minimum absolute atomic E-state index is 0.126. The number of halogens is 1. The Morgan fingerprint density at radius 3 is 2.38 bits per heavy atom. The zero-order valence-corrected chi connectivity index (χ0v) is 15.5. The predicted molar refractivity (Wildman–Crippen MR) is 101 cm³/mol. The number of amides is 1. The molecule has 1 amide bonds. The molecule has 0 spiro atoms. The van der Waals surface area contributed by atoms with E-state index < -0.39 is 15.9 Å². The Kier molecular flexibility index (Phi) is 6.65. The Labute approximate surface area is 153 Å². The third kappa shape index (κ3) is 5.00. The first-order chi connectivity index (χ1) is 12.4. The first-order valence-corrected chi connectivity index (χ1v) is 9.65. The van der Waals surface area contributed by atoms with Gasteiger partial charge in [-0.25, -0.2) is 12.8 Å². The monoisotopic (exact) mass is 376 g/mol. The molecule has 0 radical (unpaired) electrons. The zero-order valence-electron chi connectivity index (χ0n) is 14.6. The summed E-state index contributed by atoms with van der Waals surface area (Å²) in [4.78, 5) is 12.2. The van der Waals surface area contributed by atoms with Crippen molar-refractivity contribution < 1.29 is 17.6 Å². The number of carbonyl (C=O) groups is 1. The Hall–Kier alpha value is -2.51. The van der Waals surface area contributed by atoms with E-state index in [4.69, 9.17) is 0 Å². The molecule has 0 saturated heterocycles. The average Bonchev–Trinajstić information content (AvgIpc) is 2.62. The van der Waals surface area contributed by atoms with Gasteiger partial charge >= 0.3 is 0 Å². The molecule has 0 bridgehead atoms. The van der Waals surface area contributed by atoms with Crippen molar-refractivity contribution in [2.24, 2.45) is 0 Å². The molecule has 0 heterocycles. The molecule has 5 nitrogen and oxygen atoms in total. The first-order valence-electron chi connectivity index (χ1n) is 8.21. The van der Waals surface area contributed by atoms with Crippen LogP contribution in [0, 0.1) is 5.82 Å². The highest BCUT2D eigenvalue weighted by Crippen LogP contribution is 2.19. The summed E-state index contributed by atoms with van der Waals surface area (Å²) in [5.41, 5.74) is 1.06. The van der Waals surface area contributed by atoms with Crippen molar-refractivity contribution in [2.45, 2.75) is 18.7 Å². The summed E-state index contributed by atoms with van der Waals surface area (Å²) in [6.45, 7) is 4.28. The van der Waals surface area contributed by atoms with Gasteiger partial charge < -0.3 is 5.32 Å². The van der Waals surface area contributed by atoms with Gasteiger partial charge in [-0.05, 0) is 42.0 Å². The molecule has 0 aromatic heterocycles. The largest absolute Gasteiger partial charge is 0.322 e. The average molecular weight is 376 g/mol. The topological polar surface area (TPSA) is 66.5 Å². The molecule has 0 aliphatic heterocycles. The maximum absolute atomic E-state index is 12.9. The third-order valence-corrected chi connectivity index (χ3v) is 5.79. The van der Waals surface area contributed by atoms with Gasteiger partial charge in [0.2, 0.25) is 15.9 Å². The van der Waals surface area contributed by atoms with E-state index in [1.807, 2.05) is 0 Å². The van der Waals surface area contributed by atoms with Crippen molar-refractivity contribution >= 4 is 27.7 Å². The van der Waals surface area contributed by atoms with Gasteiger partial charge in [-0.2, -0.15) is 4.31 Å². The van der Waals surface area contributed by atoms with Crippen LogP contribution in [0.25, 0.3) is 6.08 Å². The normalized spacial score (nSPS) is 11.8. The van der Waals surface area contributed by atoms with Crippen LogP contribution in [0.5, 0.6) is 0 Å². The molecular weight excluding hydrogens is 355 g/mol. The van der Waals surface area contributed by atoms with E-state index in [1.54, 1.807) is 44.2 Å². The highest BCUT2D eigenvalue weighted by Gasteiger charge is 2.21. The summed E-state index contributed by atoms with van der Waals surface area (Å²) in [6.07, 6.45) is 2.85. The number of hydrogen-bond acceptors (Lipinski definition) is 3. The Bertz CT molecular complexity index is 889. The molecule has 7 heteroatoms. The van der Waals surface area contributed by atoms with Crippen molar-refractivity contribution in [1.82, 2.24) is 4.31 Å². The number of rotatable bonds is 7. The van der Waals surface area contributed by atoms with Crippen molar-refractivity contribution in [3.05, 3.63) is 66.0 Å². The summed E-state index contributed by atoms with van der Waals surface area (Å²) in [5, 5.41) is 2.63. The number of nitrogens with one attached hydrogen (secondary N) is 1. The van der Waals surface area contributed by atoms with Crippen LogP contribution >= 0.6 is 0 Å². The number of carbonyl (C=O) groups excluding carboxylic acids is 1. The summed E-state index contributed by atoms with van der Waals surface area (Å²) in [6, 6.07) is 11.8. The molecule has 2 aromatic rings. The van der Waals surface area contributed by atoms with E-state index in [-0.39, 0.29) is 10.7 Å². The SMILES string of the molecule is CCN(CC)S(=O)(=O)c1cccc(NC(=O)/C=C/c2ccc(F)cc2)c1. The molecule has 2 aromatic carbocycles. The quantitative estimate of drug-likeness (QED) is 0.752. The maximum atomic E-state index is 12.9. The first kappa shape index (κ1) is 19.8. The van der Waals surface area contributed by atoms with Gasteiger partial charge in [0.15, 0.2) is 0 Å². The molecule has 1 N–H and O–H groups in total. The molecule has 0 aliphatic carbocycles. The van der Waals surface area contributed by atoms with Crippen LogP contribution in [-0.2, 0) is 14.8 Å². The van der Waals surface area contributed by atoms with E-state index >= 15 is 0 Å². The lowest BCUT2D eigenvalue weighted by atomic mass is 10.2. The molecule has 2 rings (SSSR count). The second-order valence-corrected chi connectivity index (χ2v) is 7.43. The van der Waals surface area contributed by atoms with Crippen molar-refractivity contribution in [1.29, 1.82) is 0 Å². The van der Waals surface area contributed by atoms with E-state index in [1.165, 1.54) is 34.6 Å². The summed E-state index contributed by atoms with van der Waals surface area (Å²) >= 11 is 0. The van der Waals surface area contributed by atoms with E-state index in [9.17, 15) is 17.6 Å². The highest BCUT2D eigenvalue weighted by molar-refractivity contribution is 7.89. The molecule has 0 fully saturated rings. The van der Waals surface area contributed by atoms with Crippen molar-refractivity contribution in [3.8, 4) is 0 Å². The number of anilines is 1. The number of nitrogens with zero attached hydrogens (tertiary/aromatic N) is 1. The van der Waals surface area contributed by atoms with Gasteiger partial charge in [-0.15, -0.1) is 0 Å². The molecule has 138 valence electrons. The molecule has 0 saturated carbocycles. The molecular formula is C19H21FN2O3S. The van der Waals surface area contributed by atoms with Crippen LogP contribution in [-0.4, -0.2) is 31.7 Å². The summed E-state index contributed by atoms with van der Waals surface area (Å²) in [5.74, 6) is -0.760. The number of sulfonamides is 1. The van der Waals surface area contributed by atoms with E-state index in [0.29, 0.717) is 24.3 Å². The lowest BCUT2D eigenvalue weighted by Crippen LogP contribution is -2.30. The van der Waals surface area contributed by atoms with E-state index in [2.05, 4.69) is 5.32 Å². The van der Waals surface area contributed by atoms with Crippen molar-refractivity contribution in [3.63, 3.8) is 0 Å².